The Bertz CT molecular complexity index is 1230. The highest BCUT2D eigenvalue weighted by Crippen LogP contribution is 2.32. The van der Waals surface area contributed by atoms with Crippen LogP contribution in [0.5, 0.6) is 0 Å². The maximum atomic E-state index is 13.7. The van der Waals surface area contributed by atoms with Crippen molar-refractivity contribution in [3.05, 3.63) is 95.6 Å². The molecule has 3 N–H and O–H groups in total. The van der Waals surface area contributed by atoms with Gasteiger partial charge in [-0.05, 0) is 48.6 Å². The van der Waals surface area contributed by atoms with Gasteiger partial charge in [-0.25, -0.2) is 4.79 Å². The first-order valence-electron chi connectivity index (χ1n) is 15.4. The average Bonchev–Trinajstić information content (AvgIpc) is 3.00. The van der Waals surface area contributed by atoms with Gasteiger partial charge >= 0.3 is 6.03 Å². The standard InChI is InChI=1S/C35H47N5O2/c1-4-5-6-7-14-23-40(35(36)42)32-26-30(38(2)3)19-20-31(32)34(41)37-29-21-24-39(25-22-29)33(27-15-10-8-11-16-27)28-17-12-9-13-18-28/h8-13,15-20,26,29,33H,4-7,14,21-25H2,1-3H3,(H2,36,42)(H,37,41). The second-order valence-corrected chi connectivity index (χ2v) is 11.5. The molecule has 1 saturated heterocycles. The monoisotopic (exact) mass is 569 g/mol. The zero-order valence-electron chi connectivity index (χ0n) is 25.5. The molecule has 0 aliphatic carbocycles. The fourth-order valence-electron chi connectivity index (χ4n) is 5.89. The van der Waals surface area contributed by atoms with E-state index in [0.29, 0.717) is 17.8 Å². The average molecular weight is 570 g/mol. The molecule has 1 heterocycles. The zero-order chi connectivity index (χ0) is 29.9. The third kappa shape index (κ3) is 8.13. The summed E-state index contributed by atoms with van der Waals surface area (Å²) in [6.45, 7) is 4.42. The molecule has 0 atom stereocenters. The van der Waals surface area contributed by atoms with Crippen LogP contribution >= 0.6 is 0 Å². The molecule has 1 aliphatic rings. The Morgan fingerprint density at radius 1 is 0.881 bits per heavy atom. The minimum atomic E-state index is -0.531. The van der Waals surface area contributed by atoms with Gasteiger partial charge in [0, 0.05) is 45.5 Å². The van der Waals surface area contributed by atoms with E-state index in [0.717, 1.165) is 57.3 Å². The van der Waals surface area contributed by atoms with Crippen molar-refractivity contribution in [2.45, 2.75) is 64.0 Å². The highest BCUT2D eigenvalue weighted by molar-refractivity contribution is 6.05. The van der Waals surface area contributed by atoms with Crippen LogP contribution in [0, 0.1) is 0 Å². The minimum Gasteiger partial charge on any atom is -0.378 e. The van der Waals surface area contributed by atoms with Crippen molar-refractivity contribution in [2.24, 2.45) is 5.73 Å². The molecule has 0 unspecified atom stereocenters. The van der Waals surface area contributed by atoms with E-state index in [1.807, 2.05) is 37.2 Å². The molecule has 3 amide bonds. The second kappa shape index (κ2) is 15.4. The van der Waals surface area contributed by atoms with Crippen molar-refractivity contribution < 1.29 is 9.59 Å². The van der Waals surface area contributed by atoms with Gasteiger partial charge in [-0.3, -0.25) is 14.6 Å². The molecule has 0 bridgehead atoms. The van der Waals surface area contributed by atoms with Gasteiger partial charge in [0.05, 0.1) is 17.3 Å². The number of carbonyl (C=O) groups is 2. The molecule has 3 aromatic carbocycles. The van der Waals surface area contributed by atoms with Crippen LogP contribution in [0.3, 0.4) is 0 Å². The third-order valence-electron chi connectivity index (χ3n) is 8.24. The molecule has 224 valence electrons. The first kappa shape index (κ1) is 31.1. The van der Waals surface area contributed by atoms with Crippen LogP contribution in [0.25, 0.3) is 0 Å². The molecular formula is C35H47N5O2. The van der Waals surface area contributed by atoms with Crippen molar-refractivity contribution in [3.63, 3.8) is 0 Å². The Hall–Kier alpha value is -3.84. The number of nitrogens with one attached hydrogen (secondary N) is 1. The quantitative estimate of drug-likeness (QED) is 0.228. The summed E-state index contributed by atoms with van der Waals surface area (Å²) in [4.78, 5) is 32.3. The van der Waals surface area contributed by atoms with Crippen LogP contribution in [0.2, 0.25) is 0 Å². The molecule has 7 heteroatoms. The fourth-order valence-corrected chi connectivity index (χ4v) is 5.89. The molecular weight excluding hydrogens is 522 g/mol. The minimum absolute atomic E-state index is 0.0541. The molecule has 0 aromatic heterocycles. The number of urea groups is 1. The fraction of sp³-hybridized carbons (Fsp3) is 0.429. The van der Waals surface area contributed by atoms with Crippen LogP contribution in [-0.2, 0) is 0 Å². The number of amides is 3. The maximum absolute atomic E-state index is 13.7. The lowest BCUT2D eigenvalue weighted by Crippen LogP contribution is -2.46. The molecule has 3 aromatic rings. The summed E-state index contributed by atoms with van der Waals surface area (Å²) in [6.07, 6.45) is 7.04. The van der Waals surface area contributed by atoms with Gasteiger partial charge in [0.2, 0.25) is 0 Å². The molecule has 0 saturated carbocycles. The summed E-state index contributed by atoms with van der Waals surface area (Å²) < 4.78 is 0. The van der Waals surface area contributed by atoms with Crippen LogP contribution < -0.4 is 20.9 Å². The Labute approximate surface area is 251 Å². The number of anilines is 2. The van der Waals surface area contributed by atoms with Crippen LogP contribution in [0.4, 0.5) is 16.2 Å². The highest BCUT2D eigenvalue weighted by Gasteiger charge is 2.29. The Morgan fingerprint density at radius 2 is 1.48 bits per heavy atom. The number of likely N-dealkylation sites (tertiary alicyclic amines) is 1. The lowest BCUT2D eigenvalue weighted by molar-refractivity contribution is 0.0901. The second-order valence-electron chi connectivity index (χ2n) is 11.5. The summed E-state index contributed by atoms with van der Waals surface area (Å²) in [5.41, 5.74) is 10.4. The van der Waals surface area contributed by atoms with Gasteiger partial charge in [-0.15, -0.1) is 0 Å². The lowest BCUT2D eigenvalue weighted by Gasteiger charge is -2.38. The van der Waals surface area contributed by atoms with Gasteiger partial charge in [0.1, 0.15) is 0 Å². The van der Waals surface area contributed by atoms with E-state index < -0.39 is 6.03 Å². The first-order valence-corrected chi connectivity index (χ1v) is 15.4. The Morgan fingerprint density at radius 3 is 2.02 bits per heavy atom. The van der Waals surface area contributed by atoms with E-state index in [4.69, 9.17) is 5.73 Å². The predicted molar refractivity (Wildman–Crippen MR) is 173 cm³/mol. The maximum Gasteiger partial charge on any atom is 0.319 e. The van der Waals surface area contributed by atoms with Crippen molar-refractivity contribution in [3.8, 4) is 0 Å². The summed E-state index contributed by atoms with van der Waals surface area (Å²) in [5, 5.41) is 3.28. The van der Waals surface area contributed by atoms with Crippen molar-refractivity contribution in [1.29, 1.82) is 0 Å². The number of benzene rings is 3. The number of hydrogen-bond donors (Lipinski definition) is 2. The predicted octanol–water partition coefficient (Wildman–Crippen LogP) is 6.59. The number of hydrogen-bond acceptors (Lipinski definition) is 4. The topological polar surface area (TPSA) is 81.9 Å². The molecule has 7 nitrogen and oxygen atoms in total. The van der Waals surface area contributed by atoms with Crippen LogP contribution in [0.1, 0.15) is 79.4 Å². The number of rotatable bonds is 13. The Kier molecular flexibility index (Phi) is 11.4. The van der Waals surface area contributed by atoms with E-state index in [2.05, 4.69) is 77.8 Å². The van der Waals surface area contributed by atoms with E-state index in [9.17, 15) is 9.59 Å². The zero-order valence-corrected chi connectivity index (χ0v) is 25.5. The molecule has 1 fully saturated rings. The summed E-state index contributed by atoms with van der Waals surface area (Å²) in [6, 6.07) is 26.6. The SMILES string of the molecule is CCCCCCCN(C(N)=O)c1cc(N(C)C)ccc1C(=O)NC1CCN(C(c2ccccc2)c2ccccc2)CC1. The van der Waals surface area contributed by atoms with E-state index in [-0.39, 0.29) is 18.0 Å². The van der Waals surface area contributed by atoms with Crippen molar-refractivity contribution in [1.82, 2.24) is 10.2 Å². The molecule has 42 heavy (non-hydrogen) atoms. The molecule has 1 aliphatic heterocycles. The summed E-state index contributed by atoms with van der Waals surface area (Å²) >= 11 is 0. The van der Waals surface area contributed by atoms with Gasteiger partial charge in [-0.2, -0.15) is 0 Å². The van der Waals surface area contributed by atoms with Crippen LogP contribution in [-0.4, -0.2) is 56.6 Å². The number of nitrogens with zero attached hydrogens (tertiary/aromatic N) is 3. The van der Waals surface area contributed by atoms with E-state index in [1.165, 1.54) is 17.5 Å². The van der Waals surface area contributed by atoms with Crippen LogP contribution in [0.15, 0.2) is 78.9 Å². The normalized spacial score (nSPS) is 14.1. The van der Waals surface area contributed by atoms with E-state index in [1.54, 1.807) is 4.90 Å². The van der Waals surface area contributed by atoms with Crippen molar-refractivity contribution >= 4 is 23.3 Å². The Balaban J connectivity index is 1.47. The van der Waals surface area contributed by atoms with Gasteiger partial charge in [0.25, 0.3) is 5.91 Å². The number of nitrogens with two attached hydrogens (primary N) is 1. The molecule has 4 rings (SSSR count). The molecule has 0 spiro atoms. The highest BCUT2D eigenvalue weighted by atomic mass is 16.2. The first-order chi connectivity index (χ1) is 20.4. The van der Waals surface area contributed by atoms with Gasteiger partial charge in [-0.1, -0.05) is 93.3 Å². The third-order valence-corrected chi connectivity index (χ3v) is 8.24. The summed E-state index contributed by atoms with van der Waals surface area (Å²) in [7, 11) is 3.90. The largest absolute Gasteiger partial charge is 0.378 e. The van der Waals surface area contributed by atoms with Gasteiger partial charge in [0.15, 0.2) is 0 Å². The summed E-state index contributed by atoms with van der Waals surface area (Å²) in [5.74, 6) is -0.159. The number of piperidine rings is 1. The number of unbranched alkanes of at least 4 members (excludes halogenated alkanes) is 4. The molecule has 0 radical (unpaired) electrons. The smallest absolute Gasteiger partial charge is 0.319 e. The number of primary amides is 1. The van der Waals surface area contributed by atoms with Crippen molar-refractivity contribution in [2.75, 3.05) is 43.5 Å². The van der Waals surface area contributed by atoms with Gasteiger partial charge < -0.3 is 16.0 Å². The lowest BCUT2D eigenvalue weighted by atomic mass is 9.94. The van der Waals surface area contributed by atoms with E-state index >= 15 is 0 Å². The number of carbonyl (C=O) groups excluding carboxylic acids is 2.